The van der Waals surface area contributed by atoms with Crippen LogP contribution in [-0.2, 0) is 0 Å². The van der Waals surface area contributed by atoms with Crippen LogP contribution in [0.1, 0.15) is 33.9 Å². The van der Waals surface area contributed by atoms with Gasteiger partial charge in [0, 0.05) is 31.7 Å². The number of thiazole rings is 1. The number of hydrogen-bond donors (Lipinski definition) is 0. The Labute approximate surface area is 158 Å². The van der Waals surface area contributed by atoms with Gasteiger partial charge in [0.25, 0.3) is 5.91 Å². The average Bonchev–Trinajstić information content (AvgIpc) is 3.11. The summed E-state index contributed by atoms with van der Waals surface area (Å²) in [5.41, 5.74) is 2.99. The SMILES string of the molecule is Cc1cccc(C(=O)N2CCN(C(C)c3nc4ccccc4s3)CC2)c1. The predicted molar refractivity (Wildman–Crippen MR) is 107 cm³/mol. The first-order valence-electron chi connectivity index (χ1n) is 9.07. The highest BCUT2D eigenvalue weighted by atomic mass is 32.1. The maximum absolute atomic E-state index is 12.7. The Balaban J connectivity index is 1.42. The molecule has 0 bridgehead atoms. The number of carbonyl (C=O) groups is 1. The average molecular weight is 366 g/mol. The number of nitrogens with zero attached hydrogens (tertiary/aromatic N) is 3. The van der Waals surface area contributed by atoms with Crippen LogP contribution >= 0.6 is 11.3 Å². The molecule has 4 nitrogen and oxygen atoms in total. The molecule has 0 saturated carbocycles. The van der Waals surface area contributed by atoms with Gasteiger partial charge in [0.15, 0.2) is 0 Å². The summed E-state index contributed by atoms with van der Waals surface area (Å²) in [6, 6.07) is 16.4. The van der Waals surface area contributed by atoms with Crippen molar-refractivity contribution in [3.8, 4) is 0 Å². The molecule has 1 unspecified atom stereocenters. The van der Waals surface area contributed by atoms with Crippen LogP contribution in [0.15, 0.2) is 48.5 Å². The van der Waals surface area contributed by atoms with E-state index >= 15 is 0 Å². The highest BCUT2D eigenvalue weighted by Crippen LogP contribution is 2.30. The first-order chi connectivity index (χ1) is 12.6. The molecule has 1 fully saturated rings. The molecule has 4 rings (SSSR count). The molecule has 26 heavy (non-hydrogen) atoms. The lowest BCUT2D eigenvalue weighted by Gasteiger charge is -2.37. The number of fused-ring (bicyclic) bond motifs is 1. The normalized spacial score (nSPS) is 16.8. The lowest BCUT2D eigenvalue weighted by atomic mass is 10.1. The predicted octanol–water partition coefficient (Wildman–Crippen LogP) is 4.12. The summed E-state index contributed by atoms with van der Waals surface area (Å²) >= 11 is 1.77. The van der Waals surface area contributed by atoms with Crippen molar-refractivity contribution in [1.82, 2.24) is 14.8 Å². The van der Waals surface area contributed by atoms with E-state index in [9.17, 15) is 4.79 Å². The first-order valence-corrected chi connectivity index (χ1v) is 9.89. The number of aryl methyl sites for hydroxylation is 1. The van der Waals surface area contributed by atoms with E-state index in [-0.39, 0.29) is 11.9 Å². The van der Waals surface area contributed by atoms with Crippen molar-refractivity contribution >= 4 is 27.5 Å². The monoisotopic (exact) mass is 365 g/mol. The number of benzene rings is 2. The molecule has 2 aromatic carbocycles. The van der Waals surface area contributed by atoms with Crippen molar-refractivity contribution in [2.24, 2.45) is 0 Å². The molecule has 0 spiro atoms. The second-order valence-corrected chi connectivity index (χ2v) is 7.96. The molecule has 2 heterocycles. The zero-order valence-electron chi connectivity index (χ0n) is 15.2. The summed E-state index contributed by atoms with van der Waals surface area (Å²) in [6.45, 7) is 7.54. The highest BCUT2D eigenvalue weighted by molar-refractivity contribution is 7.18. The van der Waals surface area contributed by atoms with Gasteiger partial charge in [-0.3, -0.25) is 9.69 Å². The van der Waals surface area contributed by atoms with Crippen LogP contribution in [0.4, 0.5) is 0 Å². The van der Waals surface area contributed by atoms with Crippen molar-refractivity contribution in [3.05, 3.63) is 64.7 Å². The van der Waals surface area contributed by atoms with E-state index < -0.39 is 0 Å². The summed E-state index contributed by atoms with van der Waals surface area (Å²) in [4.78, 5) is 21.9. The second-order valence-electron chi connectivity index (χ2n) is 6.89. The molecule has 1 atom stereocenters. The summed E-state index contributed by atoms with van der Waals surface area (Å²) in [5, 5.41) is 1.16. The maximum Gasteiger partial charge on any atom is 0.253 e. The van der Waals surface area contributed by atoms with Crippen LogP contribution in [-0.4, -0.2) is 46.9 Å². The maximum atomic E-state index is 12.7. The van der Waals surface area contributed by atoms with Crippen molar-refractivity contribution in [3.63, 3.8) is 0 Å². The molecule has 5 heteroatoms. The van der Waals surface area contributed by atoms with Crippen LogP contribution < -0.4 is 0 Å². The molecule has 134 valence electrons. The zero-order valence-corrected chi connectivity index (χ0v) is 16.0. The Hall–Kier alpha value is -2.24. The number of carbonyl (C=O) groups excluding carboxylic acids is 1. The van der Waals surface area contributed by atoms with Gasteiger partial charge in [-0.15, -0.1) is 11.3 Å². The Morgan fingerprint density at radius 3 is 2.58 bits per heavy atom. The fourth-order valence-electron chi connectivity index (χ4n) is 3.50. The van der Waals surface area contributed by atoms with Gasteiger partial charge in [-0.25, -0.2) is 4.98 Å². The number of amides is 1. The van der Waals surface area contributed by atoms with E-state index in [1.165, 1.54) is 4.70 Å². The molecule has 1 aliphatic rings. The number of piperazine rings is 1. The molecule has 1 aliphatic heterocycles. The van der Waals surface area contributed by atoms with Crippen LogP contribution in [0.3, 0.4) is 0 Å². The number of para-hydroxylation sites is 1. The van der Waals surface area contributed by atoms with E-state index in [4.69, 9.17) is 4.98 Å². The minimum absolute atomic E-state index is 0.140. The van der Waals surface area contributed by atoms with E-state index in [0.717, 1.165) is 47.8 Å². The Morgan fingerprint density at radius 2 is 1.85 bits per heavy atom. The summed E-state index contributed by atoms with van der Waals surface area (Å²) in [5.74, 6) is 0.140. The molecule has 1 amide bonds. The second kappa shape index (κ2) is 7.17. The van der Waals surface area contributed by atoms with Gasteiger partial charge in [-0.2, -0.15) is 0 Å². The van der Waals surface area contributed by atoms with Crippen molar-refractivity contribution < 1.29 is 4.79 Å². The van der Waals surface area contributed by atoms with Gasteiger partial charge in [-0.05, 0) is 38.1 Å². The van der Waals surface area contributed by atoms with Crippen LogP contribution in [0, 0.1) is 6.92 Å². The van der Waals surface area contributed by atoms with Crippen molar-refractivity contribution in [2.75, 3.05) is 26.2 Å². The smallest absolute Gasteiger partial charge is 0.253 e. The summed E-state index contributed by atoms with van der Waals surface area (Å²) in [6.07, 6.45) is 0. The van der Waals surface area contributed by atoms with Gasteiger partial charge in [-0.1, -0.05) is 29.8 Å². The van der Waals surface area contributed by atoms with Gasteiger partial charge < -0.3 is 4.90 Å². The summed E-state index contributed by atoms with van der Waals surface area (Å²) < 4.78 is 1.24. The highest BCUT2D eigenvalue weighted by Gasteiger charge is 2.26. The third kappa shape index (κ3) is 3.37. The standard InChI is InChI=1S/C21H23N3OS/c1-15-6-5-7-17(14-15)21(25)24-12-10-23(11-13-24)16(2)20-22-18-8-3-4-9-19(18)26-20/h3-9,14,16H,10-13H2,1-2H3. The molecule has 0 aliphatic carbocycles. The largest absolute Gasteiger partial charge is 0.336 e. The fraction of sp³-hybridized carbons (Fsp3) is 0.333. The summed E-state index contributed by atoms with van der Waals surface area (Å²) in [7, 11) is 0. The number of rotatable bonds is 3. The molecular weight excluding hydrogens is 342 g/mol. The zero-order chi connectivity index (χ0) is 18.1. The van der Waals surface area contributed by atoms with Crippen LogP contribution in [0.2, 0.25) is 0 Å². The van der Waals surface area contributed by atoms with Gasteiger partial charge in [0.2, 0.25) is 0 Å². The van der Waals surface area contributed by atoms with Crippen molar-refractivity contribution in [1.29, 1.82) is 0 Å². The van der Waals surface area contributed by atoms with Gasteiger partial charge in [0.05, 0.1) is 16.3 Å². The van der Waals surface area contributed by atoms with E-state index in [1.54, 1.807) is 11.3 Å². The molecule has 1 aromatic heterocycles. The third-order valence-corrected chi connectivity index (χ3v) is 6.29. The Bertz CT molecular complexity index is 895. The Morgan fingerprint density at radius 1 is 1.08 bits per heavy atom. The minimum atomic E-state index is 0.140. The molecule has 0 N–H and O–H groups in total. The molecule has 3 aromatic rings. The minimum Gasteiger partial charge on any atom is -0.336 e. The van der Waals surface area contributed by atoms with Crippen molar-refractivity contribution in [2.45, 2.75) is 19.9 Å². The molecular formula is C21H23N3OS. The lowest BCUT2D eigenvalue weighted by molar-refractivity contribution is 0.0582. The van der Waals surface area contributed by atoms with Crippen LogP contribution in [0.25, 0.3) is 10.2 Å². The first kappa shape index (κ1) is 17.2. The number of aromatic nitrogens is 1. The van der Waals surface area contributed by atoms with E-state index in [1.807, 2.05) is 42.2 Å². The quantitative estimate of drug-likeness (QED) is 0.700. The van der Waals surface area contributed by atoms with Crippen LogP contribution in [0.5, 0.6) is 0 Å². The third-order valence-electron chi connectivity index (χ3n) is 5.08. The molecule has 1 saturated heterocycles. The number of hydrogen-bond acceptors (Lipinski definition) is 4. The lowest BCUT2D eigenvalue weighted by Crippen LogP contribution is -2.49. The van der Waals surface area contributed by atoms with Gasteiger partial charge in [0.1, 0.15) is 5.01 Å². The fourth-order valence-corrected chi connectivity index (χ4v) is 4.55. The Kier molecular flexibility index (Phi) is 4.74. The van der Waals surface area contributed by atoms with E-state index in [0.29, 0.717) is 0 Å². The molecule has 0 radical (unpaired) electrons. The topological polar surface area (TPSA) is 36.4 Å². The van der Waals surface area contributed by atoms with Gasteiger partial charge >= 0.3 is 0 Å². The van der Waals surface area contributed by atoms with E-state index in [2.05, 4.69) is 30.0 Å².